The topological polar surface area (TPSA) is 102 Å². The maximum Gasteiger partial charge on any atom is 0.409 e. The summed E-state index contributed by atoms with van der Waals surface area (Å²) in [7, 11) is 1.33. The fourth-order valence-corrected chi connectivity index (χ4v) is 3.31. The van der Waals surface area contributed by atoms with Crippen LogP contribution in [0.3, 0.4) is 0 Å². The quantitative estimate of drug-likeness (QED) is 0.482. The zero-order chi connectivity index (χ0) is 20.1. The second-order valence-electron chi connectivity index (χ2n) is 6.58. The van der Waals surface area contributed by atoms with E-state index in [1.807, 2.05) is 0 Å². The number of nitro groups is 1. The van der Waals surface area contributed by atoms with E-state index in [-0.39, 0.29) is 23.1 Å². The SMILES string of the molecule is COC(=O)N1CCCC(Nc2ccc(C(=O)c3ccccc3)cc2[N+](=O)[O-])C1. The Labute approximate surface area is 162 Å². The number of nitrogens with one attached hydrogen (secondary N) is 1. The van der Waals surface area contributed by atoms with Crippen LogP contribution in [0, 0.1) is 10.1 Å². The van der Waals surface area contributed by atoms with Crippen LogP contribution in [0.1, 0.15) is 28.8 Å². The average Bonchev–Trinajstić information content (AvgIpc) is 2.73. The number of ketones is 1. The number of rotatable bonds is 5. The molecule has 1 N–H and O–H groups in total. The largest absolute Gasteiger partial charge is 0.453 e. The normalized spacial score (nSPS) is 16.3. The van der Waals surface area contributed by atoms with Crippen molar-refractivity contribution in [3.63, 3.8) is 0 Å². The Kier molecular flexibility index (Phi) is 5.88. The van der Waals surface area contributed by atoms with Crippen LogP contribution < -0.4 is 5.32 Å². The summed E-state index contributed by atoms with van der Waals surface area (Å²) in [6, 6.07) is 12.9. The lowest BCUT2D eigenvalue weighted by atomic mass is 10.0. The van der Waals surface area contributed by atoms with Crippen molar-refractivity contribution in [1.82, 2.24) is 4.90 Å². The Morgan fingerprint density at radius 1 is 1.18 bits per heavy atom. The van der Waals surface area contributed by atoms with Crippen LogP contribution in [-0.2, 0) is 4.74 Å². The van der Waals surface area contributed by atoms with Crippen LogP contribution in [0.15, 0.2) is 48.5 Å². The molecule has 1 amide bonds. The van der Waals surface area contributed by atoms with Gasteiger partial charge in [0.25, 0.3) is 5.69 Å². The van der Waals surface area contributed by atoms with Gasteiger partial charge in [0.05, 0.1) is 12.0 Å². The highest BCUT2D eigenvalue weighted by Crippen LogP contribution is 2.28. The minimum absolute atomic E-state index is 0.137. The molecule has 1 fully saturated rings. The predicted molar refractivity (Wildman–Crippen MR) is 104 cm³/mol. The van der Waals surface area contributed by atoms with Crippen molar-refractivity contribution in [1.29, 1.82) is 0 Å². The van der Waals surface area contributed by atoms with Crippen molar-refractivity contribution < 1.29 is 19.2 Å². The van der Waals surface area contributed by atoms with Crippen molar-refractivity contribution in [2.75, 3.05) is 25.5 Å². The Hall–Kier alpha value is -3.42. The monoisotopic (exact) mass is 383 g/mol. The van der Waals surface area contributed by atoms with Crippen LogP contribution in [0.4, 0.5) is 16.2 Å². The molecule has 8 nitrogen and oxygen atoms in total. The molecule has 0 saturated carbocycles. The molecule has 146 valence electrons. The Morgan fingerprint density at radius 2 is 1.93 bits per heavy atom. The first-order valence-electron chi connectivity index (χ1n) is 8.97. The van der Waals surface area contributed by atoms with E-state index in [0.29, 0.717) is 24.3 Å². The van der Waals surface area contributed by atoms with Crippen molar-refractivity contribution in [3.8, 4) is 0 Å². The molecule has 1 unspecified atom stereocenters. The number of carbonyl (C=O) groups is 2. The number of hydrogen-bond acceptors (Lipinski definition) is 6. The number of likely N-dealkylation sites (tertiary alicyclic amines) is 1. The van der Waals surface area contributed by atoms with E-state index in [1.54, 1.807) is 47.4 Å². The van der Waals surface area contributed by atoms with E-state index >= 15 is 0 Å². The van der Waals surface area contributed by atoms with E-state index < -0.39 is 11.0 Å². The van der Waals surface area contributed by atoms with E-state index in [4.69, 9.17) is 4.74 Å². The average molecular weight is 383 g/mol. The lowest BCUT2D eigenvalue weighted by Gasteiger charge is -2.32. The summed E-state index contributed by atoms with van der Waals surface area (Å²) in [5.74, 6) is -0.273. The zero-order valence-electron chi connectivity index (χ0n) is 15.5. The number of anilines is 1. The number of piperidine rings is 1. The Balaban J connectivity index is 1.81. The second kappa shape index (κ2) is 8.51. The van der Waals surface area contributed by atoms with Gasteiger partial charge in [0.15, 0.2) is 5.78 Å². The van der Waals surface area contributed by atoms with Gasteiger partial charge in [-0.15, -0.1) is 0 Å². The van der Waals surface area contributed by atoms with Crippen LogP contribution in [0.5, 0.6) is 0 Å². The second-order valence-corrected chi connectivity index (χ2v) is 6.58. The molecule has 1 aliphatic heterocycles. The summed E-state index contributed by atoms with van der Waals surface area (Å²) in [4.78, 5) is 36.9. The third-order valence-electron chi connectivity index (χ3n) is 4.71. The van der Waals surface area contributed by atoms with Gasteiger partial charge in [-0.25, -0.2) is 4.79 Å². The molecular formula is C20H21N3O5. The molecule has 0 aromatic heterocycles. The van der Waals surface area contributed by atoms with Crippen LogP contribution in [0.25, 0.3) is 0 Å². The van der Waals surface area contributed by atoms with E-state index in [1.165, 1.54) is 13.2 Å². The number of hydrogen-bond donors (Lipinski definition) is 1. The highest BCUT2D eigenvalue weighted by molar-refractivity contribution is 6.09. The fourth-order valence-electron chi connectivity index (χ4n) is 3.31. The molecule has 0 aliphatic carbocycles. The van der Waals surface area contributed by atoms with Gasteiger partial charge in [0, 0.05) is 36.3 Å². The third-order valence-corrected chi connectivity index (χ3v) is 4.71. The molecule has 1 saturated heterocycles. The first kappa shape index (κ1) is 19.3. The Morgan fingerprint density at radius 3 is 2.61 bits per heavy atom. The third kappa shape index (κ3) is 4.28. The van der Waals surface area contributed by atoms with E-state index in [0.717, 1.165) is 12.8 Å². The number of amides is 1. The summed E-state index contributed by atoms with van der Waals surface area (Å²) < 4.78 is 4.75. The fraction of sp³-hybridized carbons (Fsp3) is 0.300. The summed E-state index contributed by atoms with van der Waals surface area (Å²) in [6.45, 7) is 0.992. The van der Waals surface area contributed by atoms with Gasteiger partial charge < -0.3 is 15.0 Å². The van der Waals surface area contributed by atoms with Crippen molar-refractivity contribution in [2.24, 2.45) is 0 Å². The first-order valence-corrected chi connectivity index (χ1v) is 8.97. The molecule has 1 heterocycles. The number of benzene rings is 2. The van der Waals surface area contributed by atoms with Gasteiger partial charge >= 0.3 is 6.09 Å². The Bertz CT molecular complexity index is 885. The van der Waals surface area contributed by atoms with Gasteiger partial charge in [-0.3, -0.25) is 14.9 Å². The molecule has 8 heteroatoms. The lowest BCUT2D eigenvalue weighted by molar-refractivity contribution is -0.384. The molecule has 0 spiro atoms. The van der Waals surface area contributed by atoms with E-state index in [2.05, 4.69) is 5.32 Å². The molecule has 2 aromatic carbocycles. The number of nitro benzene ring substituents is 1. The van der Waals surface area contributed by atoms with Crippen LogP contribution >= 0.6 is 0 Å². The molecular weight excluding hydrogens is 362 g/mol. The first-order chi connectivity index (χ1) is 13.5. The molecule has 1 aliphatic rings. The van der Waals surface area contributed by atoms with Gasteiger partial charge in [-0.1, -0.05) is 30.3 Å². The standard InChI is InChI=1S/C20H21N3O5/c1-28-20(25)22-11-5-8-16(13-22)21-17-10-9-15(12-18(17)23(26)27)19(24)14-6-3-2-4-7-14/h2-4,6-7,9-10,12,16,21H,5,8,11,13H2,1H3. The number of methoxy groups -OCH3 is 1. The van der Waals surface area contributed by atoms with Gasteiger partial charge in [0.1, 0.15) is 5.69 Å². The molecule has 2 aromatic rings. The van der Waals surface area contributed by atoms with Crippen molar-refractivity contribution in [3.05, 3.63) is 69.8 Å². The highest BCUT2D eigenvalue weighted by Gasteiger charge is 2.26. The number of carbonyl (C=O) groups excluding carboxylic acids is 2. The maximum absolute atomic E-state index is 12.6. The predicted octanol–water partition coefficient (Wildman–Crippen LogP) is 3.47. The molecule has 1 atom stereocenters. The molecule has 28 heavy (non-hydrogen) atoms. The van der Waals surface area contributed by atoms with Crippen molar-refractivity contribution in [2.45, 2.75) is 18.9 Å². The minimum Gasteiger partial charge on any atom is -0.453 e. The molecule has 3 rings (SSSR count). The van der Waals surface area contributed by atoms with E-state index in [9.17, 15) is 19.7 Å². The zero-order valence-corrected chi connectivity index (χ0v) is 15.5. The van der Waals surface area contributed by atoms with Gasteiger partial charge in [0.2, 0.25) is 0 Å². The number of ether oxygens (including phenoxy) is 1. The summed E-state index contributed by atoms with van der Waals surface area (Å²) >= 11 is 0. The van der Waals surface area contributed by atoms with Crippen molar-refractivity contribution >= 4 is 23.3 Å². The summed E-state index contributed by atoms with van der Waals surface area (Å²) in [5.41, 5.74) is 0.880. The molecule has 0 radical (unpaired) electrons. The highest BCUT2D eigenvalue weighted by atomic mass is 16.6. The summed E-state index contributed by atoms with van der Waals surface area (Å²) in [6.07, 6.45) is 1.13. The molecule has 0 bridgehead atoms. The maximum atomic E-state index is 12.6. The lowest BCUT2D eigenvalue weighted by Crippen LogP contribution is -2.45. The minimum atomic E-state index is -0.509. The van der Waals surface area contributed by atoms with Gasteiger partial charge in [-0.2, -0.15) is 0 Å². The number of nitrogens with zero attached hydrogens (tertiary/aromatic N) is 2. The van der Waals surface area contributed by atoms with Gasteiger partial charge in [-0.05, 0) is 25.0 Å². The van der Waals surface area contributed by atoms with Crippen LogP contribution in [-0.4, -0.2) is 47.9 Å². The smallest absolute Gasteiger partial charge is 0.409 e. The summed E-state index contributed by atoms with van der Waals surface area (Å²) in [5, 5.41) is 14.7. The van der Waals surface area contributed by atoms with Crippen LogP contribution in [0.2, 0.25) is 0 Å².